The molecule has 0 saturated carbocycles. The van der Waals surface area contributed by atoms with Gasteiger partial charge in [-0.2, -0.15) is 10.4 Å². The van der Waals surface area contributed by atoms with E-state index < -0.39 is 5.60 Å². The summed E-state index contributed by atoms with van der Waals surface area (Å²) >= 11 is 1.50. The van der Waals surface area contributed by atoms with E-state index in [-0.39, 0.29) is 12.1 Å². The summed E-state index contributed by atoms with van der Waals surface area (Å²) in [6, 6.07) is 9.98. The van der Waals surface area contributed by atoms with E-state index >= 15 is 0 Å². The molecule has 1 aliphatic rings. The third kappa shape index (κ3) is 5.78. The first-order valence-electron chi connectivity index (χ1n) is 12.8. The van der Waals surface area contributed by atoms with Gasteiger partial charge >= 0.3 is 6.09 Å². The Morgan fingerprint density at radius 3 is 2.59 bits per heavy atom. The number of nitrogens with one attached hydrogen (secondary N) is 1. The minimum absolute atomic E-state index is 0.188. The van der Waals surface area contributed by atoms with Gasteiger partial charge in [0.05, 0.1) is 34.2 Å². The highest BCUT2D eigenvalue weighted by atomic mass is 32.1. The number of carbonyl (C=O) groups excluding carboxylic acids is 1. The predicted molar refractivity (Wildman–Crippen MR) is 151 cm³/mol. The maximum Gasteiger partial charge on any atom is 0.410 e. The van der Waals surface area contributed by atoms with Gasteiger partial charge in [-0.1, -0.05) is 11.3 Å². The number of amides is 1. The molecule has 0 bridgehead atoms. The van der Waals surface area contributed by atoms with Crippen LogP contribution in [-0.4, -0.2) is 73.6 Å². The van der Waals surface area contributed by atoms with Crippen molar-refractivity contribution in [2.24, 2.45) is 0 Å². The van der Waals surface area contributed by atoms with Crippen LogP contribution in [0.3, 0.4) is 0 Å². The molecule has 5 heterocycles. The normalized spacial score (nSPS) is 14.1. The first-order chi connectivity index (χ1) is 18.6. The minimum atomic E-state index is -0.514. The van der Waals surface area contributed by atoms with E-state index in [1.165, 1.54) is 11.3 Å². The number of piperazine rings is 1. The van der Waals surface area contributed by atoms with Crippen molar-refractivity contribution < 1.29 is 9.53 Å². The van der Waals surface area contributed by atoms with Gasteiger partial charge in [-0.05, 0) is 58.9 Å². The zero-order chi connectivity index (χ0) is 27.7. The smallest absolute Gasteiger partial charge is 0.410 e. The van der Waals surface area contributed by atoms with E-state index in [1.807, 2.05) is 45.2 Å². The number of nitriles is 1. The molecular formula is C27H31N9O2S. The molecule has 11 nitrogen and oxygen atoms in total. The molecule has 1 amide bonds. The van der Waals surface area contributed by atoms with Crippen LogP contribution in [0.15, 0.2) is 36.7 Å². The molecule has 0 atom stereocenters. The monoisotopic (exact) mass is 545 g/mol. The molecule has 1 N–H and O–H groups in total. The Morgan fingerprint density at radius 1 is 1.13 bits per heavy atom. The number of anilines is 2. The number of ether oxygens (including phenoxy) is 1. The Kier molecular flexibility index (Phi) is 7.10. The Morgan fingerprint density at radius 2 is 1.90 bits per heavy atom. The van der Waals surface area contributed by atoms with Crippen molar-refractivity contribution in [2.75, 3.05) is 36.4 Å². The maximum absolute atomic E-state index is 12.4. The first kappa shape index (κ1) is 26.4. The molecule has 202 valence electrons. The van der Waals surface area contributed by atoms with Gasteiger partial charge in [0, 0.05) is 44.1 Å². The van der Waals surface area contributed by atoms with Crippen molar-refractivity contribution in [3.63, 3.8) is 0 Å². The van der Waals surface area contributed by atoms with Crippen LogP contribution in [0.2, 0.25) is 0 Å². The van der Waals surface area contributed by atoms with Crippen LogP contribution in [0, 0.1) is 11.3 Å². The van der Waals surface area contributed by atoms with Crippen LogP contribution < -0.4 is 10.2 Å². The van der Waals surface area contributed by atoms with Gasteiger partial charge < -0.3 is 19.9 Å². The molecular weight excluding hydrogens is 514 g/mol. The second-order valence-corrected chi connectivity index (χ2v) is 11.6. The lowest BCUT2D eigenvalue weighted by Crippen LogP contribution is -2.50. The standard InChI is InChI=1S/C27H31N9O2S/c1-17(2)31-21-13-22(23-7-6-19-12-18(14-28)15-30-36(19)23)29-16-20(21)24-32-33-25(39-24)34-8-10-35(11-9-34)26(37)38-27(3,4)5/h6-7,12-13,15-17H,8-11H2,1-5H3,(H,29,31). The Bertz CT molecular complexity index is 1540. The third-order valence-electron chi connectivity index (χ3n) is 6.09. The second kappa shape index (κ2) is 10.5. The predicted octanol–water partition coefficient (Wildman–Crippen LogP) is 4.66. The average Bonchev–Trinajstić information content (AvgIpc) is 3.55. The summed E-state index contributed by atoms with van der Waals surface area (Å²) < 4.78 is 7.29. The summed E-state index contributed by atoms with van der Waals surface area (Å²) in [5, 5.41) is 27.6. The van der Waals surface area contributed by atoms with Gasteiger partial charge in [0.15, 0.2) is 5.01 Å². The van der Waals surface area contributed by atoms with Gasteiger partial charge in [-0.3, -0.25) is 4.98 Å². The van der Waals surface area contributed by atoms with Gasteiger partial charge in [0.2, 0.25) is 5.13 Å². The number of aromatic nitrogens is 5. The highest BCUT2D eigenvalue weighted by Crippen LogP contribution is 2.36. The quantitative estimate of drug-likeness (QED) is 0.381. The lowest BCUT2D eigenvalue weighted by Gasteiger charge is -2.35. The molecule has 0 aliphatic carbocycles. The molecule has 0 spiro atoms. The van der Waals surface area contributed by atoms with Crippen molar-refractivity contribution in [3.05, 3.63) is 42.2 Å². The van der Waals surface area contributed by atoms with E-state index in [2.05, 4.69) is 45.4 Å². The minimum Gasteiger partial charge on any atom is -0.444 e. The Balaban J connectivity index is 1.37. The summed E-state index contributed by atoms with van der Waals surface area (Å²) in [5.41, 5.74) is 4.17. The topological polar surface area (TPSA) is 125 Å². The van der Waals surface area contributed by atoms with E-state index in [0.29, 0.717) is 31.7 Å². The fourth-order valence-electron chi connectivity index (χ4n) is 4.31. The number of fused-ring (bicyclic) bond motifs is 1. The second-order valence-electron chi connectivity index (χ2n) is 10.7. The zero-order valence-electron chi connectivity index (χ0n) is 22.7. The SMILES string of the molecule is CC(C)Nc1cc(-c2ccc3cc(C#N)cnn23)ncc1-c1nnc(N2CCN(C(=O)OC(C)(C)C)CC2)s1. The number of rotatable bonds is 5. The lowest BCUT2D eigenvalue weighted by atomic mass is 10.1. The molecule has 5 rings (SSSR count). The Hall–Kier alpha value is -4.24. The van der Waals surface area contributed by atoms with Crippen LogP contribution in [-0.2, 0) is 4.74 Å². The molecule has 1 aliphatic heterocycles. The summed E-state index contributed by atoms with van der Waals surface area (Å²) in [6.45, 7) is 12.2. The summed E-state index contributed by atoms with van der Waals surface area (Å²) in [6.07, 6.45) is 3.08. The molecule has 0 aromatic carbocycles. The molecule has 0 radical (unpaired) electrons. The van der Waals surface area contributed by atoms with Crippen LogP contribution in [0.4, 0.5) is 15.6 Å². The highest BCUT2D eigenvalue weighted by molar-refractivity contribution is 7.18. The molecule has 1 fully saturated rings. The van der Waals surface area contributed by atoms with Crippen molar-refractivity contribution in [1.82, 2.24) is 29.7 Å². The summed E-state index contributed by atoms with van der Waals surface area (Å²) in [4.78, 5) is 21.0. The van der Waals surface area contributed by atoms with Gasteiger partial charge in [-0.25, -0.2) is 9.31 Å². The average molecular weight is 546 g/mol. The molecule has 4 aromatic heterocycles. The third-order valence-corrected chi connectivity index (χ3v) is 7.10. The number of pyridine rings is 1. The molecule has 0 unspecified atom stereocenters. The van der Waals surface area contributed by atoms with Crippen LogP contribution in [0.1, 0.15) is 40.2 Å². The van der Waals surface area contributed by atoms with Gasteiger partial charge in [0.1, 0.15) is 11.7 Å². The maximum atomic E-state index is 12.4. The largest absolute Gasteiger partial charge is 0.444 e. The lowest BCUT2D eigenvalue weighted by molar-refractivity contribution is 0.0240. The first-order valence-corrected chi connectivity index (χ1v) is 13.6. The Labute approximate surface area is 231 Å². The van der Waals surface area contributed by atoms with E-state index in [9.17, 15) is 10.1 Å². The number of hydrogen-bond donors (Lipinski definition) is 1. The van der Waals surface area contributed by atoms with E-state index in [4.69, 9.17) is 9.72 Å². The van der Waals surface area contributed by atoms with Crippen LogP contribution in [0.5, 0.6) is 0 Å². The number of hydrogen-bond acceptors (Lipinski definition) is 10. The van der Waals surface area contributed by atoms with E-state index in [1.54, 1.807) is 21.7 Å². The number of carbonyl (C=O) groups is 1. The molecule has 39 heavy (non-hydrogen) atoms. The fourth-order valence-corrected chi connectivity index (χ4v) is 5.23. The van der Waals surface area contributed by atoms with Crippen molar-refractivity contribution >= 4 is 33.8 Å². The van der Waals surface area contributed by atoms with Gasteiger partial charge in [-0.15, -0.1) is 10.2 Å². The van der Waals surface area contributed by atoms with Gasteiger partial charge in [0.25, 0.3) is 0 Å². The number of nitrogens with zero attached hydrogens (tertiary/aromatic N) is 8. The fraction of sp³-hybridized carbons (Fsp3) is 0.407. The van der Waals surface area contributed by atoms with Crippen LogP contribution >= 0.6 is 11.3 Å². The highest BCUT2D eigenvalue weighted by Gasteiger charge is 2.27. The summed E-state index contributed by atoms with van der Waals surface area (Å²) in [7, 11) is 0. The summed E-state index contributed by atoms with van der Waals surface area (Å²) in [5.74, 6) is 0. The molecule has 4 aromatic rings. The van der Waals surface area contributed by atoms with E-state index in [0.717, 1.165) is 38.3 Å². The molecule has 1 saturated heterocycles. The van der Waals surface area contributed by atoms with Crippen LogP contribution in [0.25, 0.3) is 27.5 Å². The van der Waals surface area contributed by atoms with Crippen molar-refractivity contribution in [1.29, 1.82) is 5.26 Å². The molecule has 12 heteroatoms. The zero-order valence-corrected chi connectivity index (χ0v) is 23.5. The van der Waals surface area contributed by atoms with Crippen molar-refractivity contribution in [3.8, 4) is 28.0 Å². The van der Waals surface area contributed by atoms with Crippen molar-refractivity contribution in [2.45, 2.75) is 46.3 Å².